The molecule has 2 aromatic carbocycles. The number of guanidine groups is 1. The molecule has 0 radical (unpaired) electrons. The standard InChI is InChI=1S/C31H40N4O7/c1-34-17-41-27-20-4-3-5-24-18(8-11-26(38)28(24)40-2)6-9-22(36)16-23(37)10-7-19(14-20)25-15-21(12-13-35-31(32)33)30(39)42-29(25)27/h8,11,14,21,23,30,34,37-39H,4,6-7,9-10,12-13,15-17H2,1-2H3,(H4,32,33,35). The number of hydrogen-bond donors (Lipinski definition) is 6. The van der Waals surface area contributed by atoms with Gasteiger partial charge in [-0.15, -0.1) is 0 Å². The van der Waals surface area contributed by atoms with Gasteiger partial charge in [0.1, 0.15) is 12.5 Å². The molecule has 3 unspecified atom stereocenters. The van der Waals surface area contributed by atoms with Gasteiger partial charge in [0.15, 0.2) is 29.0 Å². The molecule has 11 nitrogen and oxygen atoms in total. The Hall–Kier alpha value is -3.98. The van der Waals surface area contributed by atoms with E-state index in [2.05, 4.69) is 22.2 Å². The third-order valence-corrected chi connectivity index (χ3v) is 7.57. The number of ketones is 1. The number of phenolic OH excluding ortho intramolecular Hbond substituents is 1. The summed E-state index contributed by atoms with van der Waals surface area (Å²) in [6.07, 6.45) is 0.873. The van der Waals surface area contributed by atoms with E-state index in [9.17, 15) is 20.1 Å². The average molecular weight is 581 g/mol. The zero-order valence-electron chi connectivity index (χ0n) is 24.1. The molecule has 2 aromatic rings. The molecular formula is C31H40N4O7. The van der Waals surface area contributed by atoms with Crippen LogP contribution in [0.2, 0.25) is 0 Å². The topological polar surface area (TPSA) is 182 Å². The normalized spacial score (nSPS) is 20.4. The number of nitrogens with one attached hydrogen (secondary N) is 1. The Bertz CT molecular complexity index is 1380. The van der Waals surface area contributed by atoms with Crippen molar-refractivity contribution in [1.82, 2.24) is 5.32 Å². The molecule has 2 aliphatic rings. The number of Topliss-reactive ketones (excluding diaryl/α,β-unsaturated/α-hetero) is 1. The van der Waals surface area contributed by atoms with Crippen LogP contribution >= 0.6 is 0 Å². The van der Waals surface area contributed by atoms with Gasteiger partial charge in [-0.1, -0.05) is 24.0 Å². The summed E-state index contributed by atoms with van der Waals surface area (Å²) in [7, 11) is 3.22. The molecule has 3 atom stereocenters. The predicted octanol–water partition coefficient (Wildman–Crippen LogP) is 1.28. The van der Waals surface area contributed by atoms with E-state index in [0.29, 0.717) is 55.7 Å². The van der Waals surface area contributed by atoms with Crippen LogP contribution in [0, 0.1) is 17.8 Å². The maximum absolute atomic E-state index is 12.8. The smallest absolute Gasteiger partial charge is 0.200 e. The minimum atomic E-state index is -1.10. The number of aliphatic hydroxyl groups excluding tert-OH is 2. The molecule has 0 spiro atoms. The predicted molar refractivity (Wildman–Crippen MR) is 158 cm³/mol. The number of methoxy groups -OCH3 is 1. The molecule has 1 aliphatic carbocycles. The third-order valence-electron chi connectivity index (χ3n) is 7.57. The van der Waals surface area contributed by atoms with Gasteiger partial charge in [-0.05, 0) is 56.3 Å². The van der Waals surface area contributed by atoms with Crippen LogP contribution in [0.25, 0.3) is 0 Å². The largest absolute Gasteiger partial charge is 0.504 e. The number of aromatic hydroxyl groups is 1. The maximum Gasteiger partial charge on any atom is 0.200 e. The Kier molecular flexibility index (Phi) is 10.5. The molecule has 11 heteroatoms. The second-order valence-electron chi connectivity index (χ2n) is 10.6. The fourth-order valence-corrected chi connectivity index (χ4v) is 5.44. The number of aliphatic imine (C=N–C) groups is 1. The molecule has 4 rings (SSSR count). The summed E-state index contributed by atoms with van der Waals surface area (Å²) < 4.78 is 17.6. The number of rotatable bonds is 7. The lowest BCUT2D eigenvalue weighted by Gasteiger charge is -2.33. The lowest BCUT2D eigenvalue weighted by atomic mass is 9.86. The van der Waals surface area contributed by atoms with Gasteiger partial charge >= 0.3 is 0 Å². The first-order valence-corrected chi connectivity index (χ1v) is 14.1. The number of carbonyl (C=O) groups is 1. The van der Waals surface area contributed by atoms with E-state index in [1.165, 1.54) is 13.2 Å². The van der Waals surface area contributed by atoms with Gasteiger partial charge in [0.25, 0.3) is 0 Å². The number of aliphatic hydroxyl groups is 2. The number of aryl methyl sites for hydroxylation is 2. The summed E-state index contributed by atoms with van der Waals surface area (Å²) in [5.41, 5.74) is 14.8. The van der Waals surface area contributed by atoms with Crippen LogP contribution in [-0.2, 0) is 30.5 Å². The zero-order valence-corrected chi connectivity index (χ0v) is 24.1. The number of benzene rings is 2. The summed E-state index contributed by atoms with van der Waals surface area (Å²) in [4.78, 5) is 16.8. The van der Waals surface area contributed by atoms with E-state index in [1.807, 2.05) is 6.07 Å². The molecule has 0 aromatic heterocycles. The van der Waals surface area contributed by atoms with E-state index < -0.39 is 12.4 Å². The Morgan fingerprint density at radius 2 is 1.95 bits per heavy atom. The van der Waals surface area contributed by atoms with Crippen molar-refractivity contribution in [2.24, 2.45) is 22.4 Å². The second-order valence-corrected chi connectivity index (χ2v) is 10.6. The van der Waals surface area contributed by atoms with E-state index in [1.54, 1.807) is 13.1 Å². The van der Waals surface area contributed by atoms with Crippen LogP contribution in [0.3, 0.4) is 0 Å². The maximum atomic E-state index is 12.8. The van der Waals surface area contributed by atoms with Gasteiger partial charge in [0, 0.05) is 42.9 Å². The highest BCUT2D eigenvalue weighted by Crippen LogP contribution is 2.44. The van der Waals surface area contributed by atoms with Crippen molar-refractivity contribution in [3.63, 3.8) is 0 Å². The Balaban J connectivity index is 1.81. The van der Waals surface area contributed by atoms with Crippen LogP contribution in [0.5, 0.6) is 23.0 Å². The highest BCUT2D eigenvalue weighted by molar-refractivity contribution is 5.79. The average Bonchev–Trinajstić information content (AvgIpc) is 2.95. The lowest BCUT2D eigenvalue weighted by molar-refractivity contribution is -0.121. The minimum Gasteiger partial charge on any atom is -0.504 e. The van der Waals surface area contributed by atoms with Crippen LogP contribution in [0.1, 0.15) is 53.5 Å². The van der Waals surface area contributed by atoms with E-state index in [0.717, 1.165) is 22.3 Å². The Morgan fingerprint density at radius 1 is 1.14 bits per heavy atom. The fourth-order valence-electron chi connectivity index (χ4n) is 5.44. The van der Waals surface area contributed by atoms with Gasteiger partial charge in [0.05, 0.1) is 18.8 Å². The van der Waals surface area contributed by atoms with Crippen LogP contribution in [0.15, 0.2) is 23.2 Å². The van der Waals surface area contributed by atoms with Crippen LogP contribution in [0.4, 0.5) is 0 Å². The lowest BCUT2D eigenvalue weighted by Crippen LogP contribution is -2.35. The van der Waals surface area contributed by atoms with Crippen molar-refractivity contribution in [1.29, 1.82) is 0 Å². The first-order chi connectivity index (χ1) is 20.2. The Morgan fingerprint density at radius 3 is 2.69 bits per heavy atom. The van der Waals surface area contributed by atoms with Gasteiger partial charge in [-0.2, -0.15) is 0 Å². The van der Waals surface area contributed by atoms with E-state index in [-0.39, 0.29) is 55.2 Å². The van der Waals surface area contributed by atoms with Crippen LogP contribution in [-0.4, -0.2) is 66.9 Å². The van der Waals surface area contributed by atoms with Crippen molar-refractivity contribution in [3.05, 3.63) is 46.0 Å². The minimum absolute atomic E-state index is 0.0150. The number of phenols is 1. The molecule has 1 aliphatic heterocycles. The SMILES string of the molecule is CNCOc1c2cc(c3c1OC(O)C(CCN=C(N)N)C3)CCC(O)CC(=O)CCc1ccc(O)c(OC)c1C#CC2. The highest BCUT2D eigenvalue weighted by atomic mass is 16.6. The summed E-state index contributed by atoms with van der Waals surface area (Å²) in [6, 6.07) is 5.27. The molecule has 0 fully saturated rings. The molecule has 8 N–H and O–H groups in total. The van der Waals surface area contributed by atoms with Crippen molar-refractivity contribution in [3.8, 4) is 34.8 Å². The highest BCUT2D eigenvalue weighted by Gasteiger charge is 2.33. The molecule has 2 bridgehead atoms. The molecule has 1 heterocycles. The van der Waals surface area contributed by atoms with Gasteiger partial charge in [0.2, 0.25) is 6.29 Å². The van der Waals surface area contributed by atoms with Crippen molar-refractivity contribution in [2.75, 3.05) is 27.4 Å². The number of hydrogen-bond acceptors (Lipinski definition) is 9. The van der Waals surface area contributed by atoms with Gasteiger partial charge in [-0.3, -0.25) is 15.1 Å². The number of nitrogens with two attached hydrogens (primary N) is 2. The number of carbonyl (C=O) groups excluding carboxylic acids is 1. The monoisotopic (exact) mass is 580 g/mol. The molecule has 0 amide bonds. The summed E-state index contributed by atoms with van der Waals surface area (Å²) in [5, 5.41) is 35.1. The summed E-state index contributed by atoms with van der Waals surface area (Å²) in [5.74, 6) is 7.11. The van der Waals surface area contributed by atoms with Gasteiger partial charge in [-0.25, -0.2) is 0 Å². The summed E-state index contributed by atoms with van der Waals surface area (Å²) >= 11 is 0. The molecule has 226 valence electrons. The van der Waals surface area contributed by atoms with E-state index >= 15 is 0 Å². The fraction of sp³-hybridized carbons (Fsp3) is 0.484. The van der Waals surface area contributed by atoms with E-state index in [4.69, 9.17) is 25.7 Å². The Labute approximate surface area is 245 Å². The molecule has 42 heavy (non-hydrogen) atoms. The van der Waals surface area contributed by atoms with Crippen LogP contribution < -0.4 is 31.0 Å². The van der Waals surface area contributed by atoms with Crippen molar-refractivity contribution < 1.29 is 34.3 Å². The number of nitrogens with zero attached hydrogens (tertiary/aromatic N) is 1. The number of fused-ring (bicyclic) bond motifs is 5. The molecule has 0 saturated carbocycles. The quantitative estimate of drug-likeness (QED) is 0.121. The molecule has 0 saturated heterocycles. The van der Waals surface area contributed by atoms with Crippen molar-refractivity contribution in [2.45, 2.75) is 63.8 Å². The first kappa shape index (κ1) is 31.0. The van der Waals surface area contributed by atoms with Crippen molar-refractivity contribution >= 4 is 11.7 Å². The zero-order chi connectivity index (χ0) is 30.2. The number of ether oxygens (including phenoxy) is 3. The third kappa shape index (κ3) is 7.45. The molecular weight excluding hydrogens is 540 g/mol. The first-order valence-electron chi connectivity index (χ1n) is 14.1. The second kappa shape index (κ2) is 14.3. The van der Waals surface area contributed by atoms with Gasteiger partial charge < -0.3 is 41.0 Å². The summed E-state index contributed by atoms with van der Waals surface area (Å²) in [6.45, 7) is 0.543.